The molecule has 0 unspecified atom stereocenters. The van der Waals surface area contributed by atoms with Crippen LogP contribution in [0.15, 0.2) is 35.1 Å². The number of benzene rings is 1. The number of piperazine rings is 1. The summed E-state index contributed by atoms with van der Waals surface area (Å²) in [6.45, 7) is 7.98. The number of nitrogens with zero attached hydrogens (tertiary/aromatic N) is 3. The fraction of sp³-hybridized carbons (Fsp3) is 0.429. The van der Waals surface area contributed by atoms with Crippen molar-refractivity contribution < 1.29 is 4.74 Å². The van der Waals surface area contributed by atoms with Crippen LogP contribution in [0.3, 0.4) is 0 Å². The molecule has 2 aromatic rings. The predicted molar refractivity (Wildman–Crippen MR) is 106 cm³/mol. The second-order valence-corrected chi connectivity index (χ2v) is 7.06. The summed E-state index contributed by atoms with van der Waals surface area (Å²) in [4.78, 5) is 19.5. The van der Waals surface area contributed by atoms with Crippen LogP contribution in [0, 0.1) is 18.3 Å². The van der Waals surface area contributed by atoms with Gasteiger partial charge in [-0.15, -0.1) is 0 Å². The number of aryl methyl sites for hydroxylation is 1. The zero-order valence-corrected chi connectivity index (χ0v) is 16.0. The van der Waals surface area contributed by atoms with Crippen LogP contribution in [-0.4, -0.2) is 61.2 Å². The van der Waals surface area contributed by atoms with Gasteiger partial charge in [-0.1, -0.05) is 12.1 Å². The minimum atomic E-state index is -0.356. The Kier molecular flexibility index (Phi) is 6.28. The number of hydrogen-bond donors (Lipinski definition) is 1. The fourth-order valence-corrected chi connectivity index (χ4v) is 3.33. The van der Waals surface area contributed by atoms with Crippen molar-refractivity contribution in [2.75, 3.05) is 46.4 Å². The highest BCUT2D eigenvalue weighted by Gasteiger charge is 2.13. The van der Waals surface area contributed by atoms with E-state index in [-0.39, 0.29) is 11.1 Å². The molecule has 1 aliphatic rings. The Hall–Kier alpha value is -2.62. The number of nitriles is 1. The van der Waals surface area contributed by atoms with Gasteiger partial charge in [-0.05, 0) is 44.2 Å². The molecule has 1 aromatic carbocycles. The summed E-state index contributed by atoms with van der Waals surface area (Å²) in [6, 6.07) is 11.4. The summed E-state index contributed by atoms with van der Waals surface area (Å²) in [6.07, 6.45) is 0.974. The highest BCUT2D eigenvalue weighted by atomic mass is 16.5. The number of H-pyrrole nitrogens is 1. The Morgan fingerprint density at radius 3 is 2.74 bits per heavy atom. The van der Waals surface area contributed by atoms with Crippen LogP contribution >= 0.6 is 0 Å². The van der Waals surface area contributed by atoms with E-state index in [9.17, 15) is 10.1 Å². The number of aromatic amines is 1. The molecule has 1 aromatic heterocycles. The molecule has 2 heterocycles. The molecule has 6 heteroatoms. The molecule has 0 aliphatic carbocycles. The van der Waals surface area contributed by atoms with Gasteiger partial charge in [-0.25, -0.2) is 0 Å². The first-order valence-electron chi connectivity index (χ1n) is 9.35. The van der Waals surface area contributed by atoms with Gasteiger partial charge in [0.2, 0.25) is 0 Å². The Balaban J connectivity index is 1.62. The summed E-state index contributed by atoms with van der Waals surface area (Å²) in [7, 11) is 2.16. The first-order chi connectivity index (χ1) is 13.1. The van der Waals surface area contributed by atoms with Gasteiger partial charge in [0, 0.05) is 44.0 Å². The second-order valence-electron chi connectivity index (χ2n) is 7.06. The average molecular weight is 366 g/mol. The summed E-state index contributed by atoms with van der Waals surface area (Å²) in [5, 5.41) is 9.33. The van der Waals surface area contributed by atoms with Gasteiger partial charge in [0.05, 0.1) is 6.61 Å². The van der Waals surface area contributed by atoms with E-state index in [0.29, 0.717) is 12.2 Å². The van der Waals surface area contributed by atoms with E-state index in [2.05, 4.69) is 21.8 Å². The van der Waals surface area contributed by atoms with E-state index in [0.717, 1.165) is 56.2 Å². The SMILES string of the molecule is Cc1cc(-c2cccc(OCCCN3CCN(C)CC3)c2)c(C#N)c(=O)[nH]1. The molecule has 6 nitrogen and oxygen atoms in total. The van der Waals surface area contributed by atoms with Crippen molar-refractivity contribution in [2.45, 2.75) is 13.3 Å². The topological polar surface area (TPSA) is 72.4 Å². The van der Waals surface area contributed by atoms with E-state index in [4.69, 9.17) is 4.74 Å². The number of pyridine rings is 1. The van der Waals surface area contributed by atoms with Crippen LogP contribution in [-0.2, 0) is 0 Å². The molecule has 142 valence electrons. The van der Waals surface area contributed by atoms with Crippen LogP contribution < -0.4 is 10.3 Å². The molecule has 0 bridgehead atoms. The van der Waals surface area contributed by atoms with Crippen LogP contribution in [0.5, 0.6) is 5.75 Å². The van der Waals surface area contributed by atoms with Gasteiger partial charge in [0.15, 0.2) is 0 Å². The maximum absolute atomic E-state index is 12.0. The van der Waals surface area contributed by atoms with Crippen LogP contribution in [0.2, 0.25) is 0 Å². The Labute approximate surface area is 160 Å². The van der Waals surface area contributed by atoms with E-state index in [1.54, 1.807) is 0 Å². The Bertz CT molecular complexity index is 876. The summed E-state index contributed by atoms with van der Waals surface area (Å²) in [5.74, 6) is 0.757. The number of rotatable bonds is 6. The first kappa shape index (κ1) is 19.2. The largest absolute Gasteiger partial charge is 0.494 e. The van der Waals surface area contributed by atoms with Crippen molar-refractivity contribution in [3.05, 3.63) is 51.9 Å². The fourth-order valence-electron chi connectivity index (χ4n) is 3.33. The summed E-state index contributed by atoms with van der Waals surface area (Å²) in [5.41, 5.74) is 1.96. The van der Waals surface area contributed by atoms with Crippen molar-refractivity contribution in [3.8, 4) is 22.9 Å². The summed E-state index contributed by atoms with van der Waals surface area (Å²) >= 11 is 0. The van der Waals surface area contributed by atoms with Crippen molar-refractivity contribution in [1.82, 2.24) is 14.8 Å². The van der Waals surface area contributed by atoms with Crippen molar-refractivity contribution in [3.63, 3.8) is 0 Å². The molecular formula is C21H26N4O2. The zero-order chi connectivity index (χ0) is 19.2. The van der Waals surface area contributed by atoms with Gasteiger partial charge in [-0.2, -0.15) is 5.26 Å². The van der Waals surface area contributed by atoms with Crippen LogP contribution in [0.25, 0.3) is 11.1 Å². The lowest BCUT2D eigenvalue weighted by Crippen LogP contribution is -2.44. The number of ether oxygens (including phenoxy) is 1. The van der Waals surface area contributed by atoms with Crippen molar-refractivity contribution >= 4 is 0 Å². The average Bonchev–Trinajstić information content (AvgIpc) is 2.66. The third kappa shape index (κ3) is 4.97. The zero-order valence-electron chi connectivity index (χ0n) is 16.0. The Morgan fingerprint density at radius 2 is 2.00 bits per heavy atom. The van der Waals surface area contributed by atoms with Crippen LogP contribution in [0.1, 0.15) is 17.7 Å². The third-order valence-corrected chi connectivity index (χ3v) is 4.91. The van der Waals surface area contributed by atoms with E-state index in [1.165, 1.54) is 0 Å². The van der Waals surface area contributed by atoms with Crippen molar-refractivity contribution in [1.29, 1.82) is 5.26 Å². The molecule has 1 N–H and O–H groups in total. The predicted octanol–water partition coefficient (Wildman–Crippen LogP) is 2.24. The molecule has 3 rings (SSSR count). The lowest BCUT2D eigenvalue weighted by molar-refractivity contribution is 0.145. The van der Waals surface area contributed by atoms with E-state index in [1.807, 2.05) is 43.3 Å². The number of likely N-dealkylation sites (N-methyl/N-ethyl adjacent to an activating group) is 1. The standard InChI is InChI=1S/C21H26N4O2/c1-16-13-19(20(15-22)21(26)23-16)17-5-3-6-18(14-17)27-12-4-7-25-10-8-24(2)9-11-25/h3,5-6,13-14H,4,7-12H2,1-2H3,(H,23,26). The molecule has 27 heavy (non-hydrogen) atoms. The number of hydrogen-bond acceptors (Lipinski definition) is 5. The van der Waals surface area contributed by atoms with Gasteiger partial charge in [0.1, 0.15) is 17.4 Å². The quantitative estimate of drug-likeness (QED) is 0.794. The maximum atomic E-state index is 12.0. The van der Waals surface area contributed by atoms with E-state index >= 15 is 0 Å². The second kappa shape index (κ2) is 8.85. The van der Waals surface area contributed by atoms with Gasteiger partial charge in [-0.3, -0.25) is 4.79 Å². The molecule has 0 radical (unpaired) electrons. The minimum absolute atomic E-state index is 0.132. The number of nitrogens with one attached hydrogen (secondary N) is 1. The third-order valence-electron chi connectivity index (χ3n) is 4.91. The monoisotopic (exact) mass is 366 g/mol. The molecule has 0 amide bonds. The lowest BCUT2D eigenvalue weighted by Gasteiger charge is -2.32. The first-order valence-corrected chi connectivity index (χ1v) is 9.35. The Morgan fingerprint density at radius 1 is 1.22 bits per heavy atom. The van der Waals surface area contributed by atoms with Gasteiger partial charge in [0.25, 0.3) is 5.56 Å². The smallest absolute Gasteiger partial charge is 0.266 e. The molecule has 0 saturated carbocycles. The minimum Gasteiger partial charge on any atom is -0.494 e. The highest BCUT2D eigenvalue weighted by molar-refractivity contribution is 5.71. The van der Waals surface area contributed by atoms with Crippen molar-refractivity contribution in [2.24, 2.45) is 0 Å². The van der Waals surface area contributed by atoms with Gasteiger partial charge >= 0.3 is 0 Å². The highest BCUT2D eigenvalue weighted by Crippen LogP contribution is 2.25. The maximum Gasteiger partial charge on any atom is 0.266 e. The summed E-state index contributed by atoms with van der Waals surface area (Å²) < 4.78 is 5.91. The molecular weight excluding hydrogens is 340 g/mol. The van der Waals surface area contributed by atoms with Crippen LogP contribution in [0.4, 0.5) is 0 Å². The molecule has 1 fully saturated rings. The molecule has 1 saturated heterocycles. The van der Waals surface area contributed by atoms with E-state index < -0.39 is 0 Å². The molecule has 1 aliphatic heterocycles. The lowest BCUT2D eigenvalue weighted by atomic mass is 10.0. The molecule has 0 atom stereocenters. The normalized spacial score (nSPS) is 15.4. The molecule has 0 spiro atoms. The van der Waals surface area contributed by atoms with Gasteiger partial charge < -0.3 is 19.5 Å². The number of aromatic nitrogens is 1.